The lowest BCUT2D eigenvalue weighted by atomic mass is 9.73. The van der Waals surface area contributed by atoms with Gasteiger partial charge in [0.25, 0.3) is 5.91 Å². The molecule has 118 valence electrons. The van der Waals surface area contributed by atoms with Crippen LogP contribution in [0.2, 0.25) is 0 Å². The minimum absolute atomic E-state index is 0.0812. The first kappa shape index (κ1) is 16.0. The molecule has 0 bridgehead atoms. The van der Waals surface area contributed by atoms with Crippen molar-refractivity contribution in [1.29, 1.82) is 0 Å². The number of unbranched alkanes of at least 4 members (excludes halogenated alkanes) is 1. The van der Waals surface area contributed by atoms with Crippen molar-refractivity contribution in [2.45, 2.75) is 71.4 Å². The minimum atomic E-state index is -1.28. The summed E-state index contributed by atoms with van der Waals surface area (Å²) in [5.41, 5.74) is 0.480. The Morgan fingerprint density at radius 2 is 2.24 bits per heavy atom. The van der Waals surface area contributed by atoms with Crippen LogP contribution in [0.4, 0.5) is 5.69 Å². The van der Waals surface area contributed by atoms with Gasteiger partial charge in [0.1, 0.15) is 5.60 Å². The molecule has 0 aromatic carbocycles. The molecule has 5 heteroatoms. The molecule has 1 aliphatic carbocycles. The zero-order valence-corrected chi connectivity index (χ0v) is 13.4. The molecule has 1 unspecified atom stereocenters. The van der Waals surface area contributed by atoms with Gasteiger partial charge in [-0.1, -0.05) is 26.7 Å². The van der Waals surface area contributed by atoms with Gasteiger partial charge < -0.3 is 10.4 Å². The number of amides is 1. The van der Waals surface area contributed by atoms with E-state index in [2.05, 4.69) is 24.3 Å². The molecule has 21 heavy (non-hydrogen) atoms. The van der Waals surface area contributed by atoms with Crippen molar-refractivity contribution in [3.8, 4) is 0 Å². The lowest BCUT2D eigenvalue weighted by Gasteiger charge is -2.37. The van der Waals surface area contributed by atoms with Crippen LogP contribution in [0.5, 0.6) is 0 Å². The quantitative estimate of drug-likeness (QED) is 0.812. The van der Waals surface area contributed by atoms with Gasteiger partial charge in [0, 0.05) is 6.54 Å². The highest BCUT2D eigenvalue weighted by Crippen LogP contribution is 2.36. The van der Waals surface area contributed by atoms with Gasteiger partial charge in [-0.05, 0) is 38.5 Å². The average Bonchev–Trinajstić information content (AvgIpc) is 2.75. The van der Waals surface area contributed by atoms with Crippen molar-refractivity contribution >= 4 is 11.6 Å². The first-order valence-electron chi connectivity index (χ1n) is 8.09. The second-order valence-corrected chi connectivity index (χ2v) is 6.16. The van der Waals surface area contributed by atoms with Gasteiger partial charge in [-0.3, -0.25) is 9.48 Å². The number of rotatable bonds is 7. The van der Waals surface area contributed by atoms with Gasteiger partial charge in [-0.15, -0.1) is 0 Å². The third kappa shape index (κ3) is 3.28. The van der Waals surface area contributed by atoms with Crippen molar-refractivity contribution in [3.05, 3.63) is 11.9 Å². The Labute approximate surface area is 126 Å². The summed E-state index contributed by atoms with van der Waals surface area (Å²) in [6.45, 7) is 6.70. The van der Waals surface area contributed by atoms with Crippen LogP contribution in [-0.2, 0) is 17.8 Å². The Morgan fingerprint density at radius 3 is 2.76 bits per heavy atom. The zero-order chi connectivity index (χ0) is 15.5. The van der Waals surface area contributed by atoms with E-state index in [1.807, 2.05) is 4.68 Å². The average molecular weight is 293 g/mol. The Hall–Kier alpha value is -1.36. The predicted molar refractivity (Wildman–Crippen MR) is 83.1 cm³/mol. The molecule has 1 amide bonds. The van der Waals surface area contributed by atoms with Gasteiger partial charge in [-0.2, -0.15) is 5.10 Å². The molecule has 1 aliphatic rings. The third-order valence-corrected chi connectivity index (χ3v) is 4.62. The molecular weight excluding hydrogens is 266 g/mol. The summed E-state index contributed by atoms with van der Waals surface area (Å²) in [5.74, 6) is -0.227. The van der Waals surface area contributed by atoms with E-state index >= 15 is 0 Å². The molecule has 1 heterocycles. The smallest absolute Gasteiger partial charge is 0.256 e. The van der Waals surface area contributed by atoms with Gasteiger partial charge >= 0.3 is 0 Å². The number of aliphatic hydroxyl groups is 1. The topological polar surface area (TPSA) is 67.2 Å². The van der Waals surface area contributed by atoms with E-state index in [1.54, 1.807) is 13.1 Å². The van der Waals surface area contributed by atoms with E-state index in [-0.39, 0.29) is 11.8 Å². The fourth-order valence-corrected chi connectivity index (χ4v) is 2.79. The number of carbonyl (C=O) groups is 1. The van der Waals surface area contributed by atoms with E-state index in [0.717, 1.165) is 56.5 Å². The largest absolute Gasteiger partial charge is 0.380 e. The monoisotopic (exact) mass is 293 g/mol. The normalized spacial score (nSPS) is 18.1. The molecule has 0 radical (unpaired) electrons. The van der Waals surface area contributed by atoms with Crippen LogP contribution in [0.15, 0.2) is 6.20 Å². The SMILES string of the molecule is CCCCn1ncc(NC(=O)C(C)(O)C2CCC2)c1CC. The Bertz CT molecular complexity index is 490. The second kappa shape index (κ2) is 6.60. The number of hydrogen-bond donors (Lipinski definition) is 2. The summed E-state index contributed by atoms with van der Waals surface area (Å²) in [6, 6.07) is 0. The summed E-state index contributed by atoms with van der Waals surface area (Å²) in [5, 5.41) is 17.7. The number of nitrogens with one attached hydrogen (secondary N) is 1. The maximum absolute atomic E-state index is 12.4. The van der Waals surface area contributed by atoms with Crippen LogP contribution < -0.4 is 5.32 Å². The van der Waals surface area contributed by atoms with Crippen molar-refractivity contribution in [1.82, 2.24) is 9.78 Å². The Kier molecular flexibility index (Phi) is 5.04. The molecule has 1 saturated carbocycles. The zero-order valence-electron chi connectivity index (χ0n) is 13.4. The van der Waals surface area contributed by atoms with Gasteiger partial charge in [0.15, 0.2) is 0 Å². The molecule has 5 nitrogen and oxygen atoms in total. The highest BCUT2D eigenvalue weighted by atomic mass is 16.3. The summed E-state index contributed by atoms with van der Waals surface area (Å²) >= 11 is 0. The predicted octanol–water partition coefficient (Wildman–Crippen LogP) is 2.74. The fourth-order valence-electron chi connectivity index (χ4n) is 2.79. The number of anilines is 1. The van der Waals surface area contributed by atoms with Gasteiger partial charge in [-0.25, -0.2) is 0 Å². The van der Waals surface area contributed by atoms with Crippen molar-refractivity contribution in [2.75, 3.05) is 5.32 Å². The lowest BCUT2D eigenvalue weighted by Crippen LogP contribution is -2.49. The first-order valence-corrected chi connectivity index (χ1v) is 8.09. The van der Waals surface area contributed by atoms with Gasteiger partial charge in [0.05, 0.1) is 17.6 Å². The standard InChI is InChI=1S/C16H27N3O2/c1-4-6-10-19-14(5-2)13(11-17-19)18-15(20)16(3,21)12-8-7-9-12/h11-12,21H,4-10H2,1-3H3,(H,18,20). The number of carbonyl (C=O) groups excluding carboxylic acids is 1. The number of nitrogens with zero attached hydrogens (tertiary/aromatic N) is 2. The van der Waals surface area contributed by atoms with Crippen molar-refractivity contribution in [3.63, 3.8) is 0 Å². The van der Waals surface area contributed by atoms with Crippen LogP contribution in [0, 0.1) is 5.92 Å². The minimum Gasteiger partial charge on any atom is -0.380 e. The molecule has 0 spiro atoms. The molecule has 1 fully saturated rings. The van der Waals surface area contributed by atoms with Gasteiger partial charge in [0.2, 0.25) is 0 Å². The van der Waals surface area contributed by atoms with Crippen LogP contribution in [0.1, 0.15) is 58.6 Å². The number of aromatic nitrogens is 2. The first-order chi connectivity index (χ1) is 10.0. The molecule has 1 atom stereocenters. The maximum Gasteiger partial charge on any atom is 0.256 e. The summed E-state index contributed by atoms with van der Waals surface area (Å²) in [7, 11) is 0. The maximum atomic E-state index is 12.4. The van der Waals surface area contributed by atoms with Crippen LogP contribution in [0.3, 0.4) is 0 Å². The van der Waals surface area contributed by atoms with E-state index in [0.29, 0.717) is 0 Å². The van der Waals surface area contributed by atoms with Crippen LogP contribution >= 0.6 is 0 Å². The number of hydrogen-bond acceptors (Lipinski definition) is 3. The Morgan fingerprint density at radius 1 is 1.52 bits per heavy atom. The molecule has 2 N–H and O–H groups in total. The molecule has 1 aromatic heterocycles. The summed E-state index contributed by atoms with van der Waals surface area (Å²) in [6.07, 6.45) is 7.65. The lowest BCUT2D eigenvalue weighted by molar-refractivity contribution is -0.141. The molecule has 0 saturated heterocycles. The van der Waals surface area contributed by atoms with E-state index < -0.39 is 5.60 Å². The molecule has 0 aliphatic heterocycles. The van der Waals surface area contributed by atoms with Crippen molar-refractivity contribution in [2.24, 2.45) is 5.92 Å². The van der Waals surface area contributed by atoms with Crippen molar-refractivity contribution < 1.29 is 9.90 Å². The van der Waals surface area contributed by atoms with E-state index in [4.69, 9.17) is 0 Å². The molecule has 1 aromatic rings. The number of aryl methyl sites for hydroxylation is 1. The summed E-state index contributed by atoms with van der Waals surface area (Å²) < 4.78 is 1.96. The second-order valence-electron chi connectivity index (χ2n) is 6.16. The van der Waals surface area contributed by atoms with E-state index in [9.17, 15) is 9.90 Å². The molecular formula is C16H27N3O2. The highest BCUT2D eigenvalue weighted by Gasteiger charge is 2.42. The third-order valence-electron chi connectivity index (χ3n) is 4.62. The molecule has 2 rings (SSSR count). The summed E-state index contributed by atoms with van der Waals surface area (Å²) in [4.78, 5) is 12.4. The Balaban J connectivity index is 2.08. The highest BCUT2D eigenvalue weighted by molar-refractivity contribution is 5.97. The van der Waals surface area contributed by atoms with Crippen LogP contribution in [-0.4, -0.2) is 26.4 Å². The van der Waals surface area contributed by atoms with Crippen LogP contribution in [0.25, 0.3) is 0 Å². The van der Waals surface area contributed by atoms with E-state index in [1.165, 1.54) is 0 Å². The fraction of sp³-hybridized carbons (Fsp3) is 0.750.